The number of piperidine rings is 1. The predicted octanol–water partition coefficient (Wildman–Crippen LogP) is 3.31. The summed E-state index contributed by atoms with van der Waals surface area (Å²) < 4.78 is 0. The molecule has 1 aromatic rings. The van der Waals surface area contributed by atoms with Crippen LogP contribution in [-0.2, 0) is 4.79 Å². The van der Waals surface area contributed by atoms with Gasteiger partial charge in [-0.2, -0.15) is 0 Å². The molecule has 1 aromatic heterocycles. The molecule has 1 saturated carbocycles. The summed E-state index contributed by atoms with van der Waals surface area (Å²) in [5, 5.41) is 11.2. The van der Waals surface area contributed by atoms with Gasteiger partial charge in [-0.15, -0.1) is 21.5 Å². The molecular weight excluding hydrogens is 270 g/mol. The first kappa shape index (κ1) is 14.0. The summed E-state index contributed by atoms with van der Waals surface area (Å²) in [6.07, 6.45) is 7.51. The van der Waals surface area contributed by atoms with Crippen LogP contribution in [0.5, 0.6) is 0 Å². The van der Waals surface area contributed by atoms with Gasteiger partial charge in [0.25, 0.3) is 0 Å². The van der Waals surface area contributed by atoms with Crippen molar-refractivity contribution in [2.75, 3.05) is 13.1 Å². The fourth-order valence-electron chi connectivity index (χ4n) is 2.77. The first-order valence-electron chi connectivity index (χ1n) is 7.89. The Kier molecular flexibility index (Phi) is 4.34. The molecule has 3 rings (SSSR count). The standard InChI is InChI=1S/C15H23N3OS/c1-2-3-4-13(19)18-9-7-12(8-10-18)15-17-16-14(20-15)11-5-6-11/h11-12H,2-10H2,1H3. The van der Waals surface area contributed by atoms with Crippen molar-refractivity contribution < 1.29 is 4.79 Å². The Bertz CT molecular complexity index is 461. The van der Waals surface area contributed by atoms with Crippen molar-refractivity contribution in [3.63, 3.8) is 0 Å². The maximum Gasteiger partial charge on any atom is 0.222 e. The second-order valence-electron chi connectivity index (χ2n) is 6.01. The summed E-state index contributed by atoms with van der Waals surface area (Å²) in [7, 11) is 0. The third-order valence-electron chi connectivity index (χ3n) is 4.32. The van der Waals surface area contributed by atoms with Gasteiger partial charge in [0.15, 0.2) is 0 Å². The second kappa shape index (κ2) is 6.20. The zero-order chi connectivity index (χ0) is 13.9. The van der Waals surface area contributed by atoms with E-state index in [1.54, 1.807) is 0 Å². The molecule has 0 radical (unpaired) electrons. The average molecular weight is 293 g/mol. The number of hydrogen-bond acceptors (Lipinski definition) is 4. The van der Waals surface area contributed by atoms with Crippen LogP contribution in [0.25, 0.3) is 0 Å². The lowest BCUT2D eigenvalue weighted by Crippen LogP contribution is -2.37. The molecule has 110 valence electrons. The van der Waals surface area contributed by atoms with Crippen molar-refractivity contribution in [3.8, 4) is 0 Å². The minimum Gasteiger partial charge on any atom is -0.343 e. The molecule has 0 spiro atoms. The van der Waals surface area contributed by atoms with Crippen LogP contribution >= 0.6 is 11.3 Å². The second-order valence-corrected chi connectivity index (χ2v) is 7.05. The summed E-state index contributed by atoms with van der Waals surface area (Å²) in [4.78, 5) is 14.0. The first-order valence-corrected chi connectivity index (χ1v) is 8.70. The number of rotatable bonds is 5. The van der Waals surface area contributed by atoms with Gasteiger partial charge < -0.3 is 4.90 Å². The largest absolute Gasteiger partial charge is 0.343 e. The highest BCUT2D eigenvalue weighted by Gasteiger charge is 2.30. The van der Waals surface area contributed by atoms with Crippen LogP contribution in [0.2, 0.25) is 0 Å². The fraction of sp³-hybridized carbons (Fsp3) is 0.800. The Labute approximate surface area is 124 Å². The summed E-state index contributed by atoms with van der Waals surface area (Å²) in [6, 6.07) is 0. The zero-order valence-electron chi connectivity index (χ0n) is 12.2. The van der Waals surface area contributed by atoms with E-state index in [4.69, 9.17) is 0 Å². The smallest absolute Gasteiger partial charge is 0.222 e. The number of nitrogens with zero attached hydrogens (tertiary/aromatic N) is 3. The number of amides is 1. The Morgan fingerprint density at radius 3 is 2.30 bits per heavy atom. The molecule has 1 saturated heterocycles. The van der Waals surface area contributed by atoms with E-state index in [9.17, 15) is 4.79 Å². The van der Waals surface area contributed by atoms with E-state index in [1.165, 1.54) is 22.9 Å². The topological polar surface area (TPSA) is 46.1 Å². The van der Waals surface area contributed by atoms with Crippen LogP contribution in [0.15, 0.2) is 0 Å². The highest BCUT2D eigenvalue weighted by Crippen LogP contribution is 2.43. The maximum atomic E-state index is 12.0. The molecule has 4 nitrogen and oxygen atoms in total. The summed E-state index contributed by atoms with van der Waals surface area (Å²) >= 11 is 1.81. The molecule has 5 heteroatoms. The van der Waals surface area contributed by atoms with E-state index in [2.05, 4.69) is 17.1 Å². The third-order valence-corrected chi connectivity index (χ3v) is 5.57. The van der Waals surface area contributed by atoms with Gasteiger partial charge in [0.1, 0.15) is 10.0 Å². The van der Waals surface area contributed by atoms with E-state index < -0.39 is 0 Å². The molecule has 2 heterocycles. The van der Waals surface area contributed by atoms with Crippen molar-refractivity contribution >= 4 is 17.2 Å². The number of hydrogen-bond donors (Lipinski definition) is 0. The number of aromatic nitrogens is 2. The predicted molar refractivity (Wildman–Crippen MR) is 80.0 cm³/mol. The molecule has 2 fully saturated rings. The van der Waals surface area contributed by atoms with E-state index in [-0.39, 0.29) is 0 Å². The molecule has 0 unspecified atom stereocenters. The summed E-state index contributed by atoms with van der Waals surface area (Å²) in [5.41, 5.74) is 0. The lowest BCUT2D eigenvalue weighted by atomic mass is 9.97. The molecule has 0 bridgehead atoms. The lowest BCUT2D eigenvalue weighted by Gasteiger charge is -2.31. The van der Waals surface area contributed by atoms with Gasteiger partial charge in [-0.3, -0.25) is 4.79 Å². The quantitative estimate of drug-likeness (QED) is 0.836. The normalized spacial score (nSPS) is 20.4. The average Bonchev–Trinajstić information content (AvgIpc) is 3.22. The Hall–Kier alpha value is -0.970. The van der Waals surface area contributed by atoms with Gasteiger partial charge in [-0.05, 0) is 32.1 Å². The van der Waals surface area contributed by atoms with Gasteiger partial charge in [0.05, 0.1) is 0 Å². The lowest BCUT2D eigenvalue weighted by molar-refractivity contribution is -0.132. The van der Waals surface area contributed by atoms with Crippen molar-refractivity contribution in [1.29, 1.82) is 0 Å². The van der Waals surface area contributed by atoms with Crippen LogP contribution in [0, 0.1) is 0 Å². The van der Waals surface area contributed by atoms with Gasteiger partial charge in [0, 0.05) is 31.3 Å². The highest BCUT2D eigenvalue weighted by molar-refractivity contribution is 7.11. The number of likely N-dealkylation sites (tertiary alicyclic amines) is 1. The monoisotopic (exact) mass is 293 g/mol. The van der Waals surface area contributed by atoms with Crippen molar-refractivity contribution in [2.45, 2.75) is 63.7 Å². The molecular formula is C15H23N3OS. The zero-order valence-corrected chi connectivity index (χ0v) is 13.0. The molecule has 20 heavy (non-hydrogen) atoms. The molecule has 2 aliphatic rings. The van der Waals surface area contributed by atoms with Gasteiger partial charge in [0.2, 0.25) is 5.91 Å². The van der Waals surface area contributed by atoms with Crippen LogP contribution < -0.4 is 0 Å². The molecule has 1 amide bonds. The summed E-state index contributed by atoms with van der Waals surface area (Å²) in [5.74, 6) is 1.56. The number of carbonyl (C=O) groups is 1. The van der Waals surface area contributed by atoms with E-state index in [1.807, 2.05) is 16.2 Å². The van der Waals surface area contributed by atoms with E-state index in [0.29, 0.717) is 24.2 Å². The molecule has 1 aliphatic carbocycles. The fourth-order valence-corrected chi connectivity index (χ4v) is 3.95. The maximum absolute atomic E-state index is 12.0. The van der Waals surface area contributed by atoms with Crippen LogP contribution in [0.3, 0.4) is 0 Å². The van der Waals surface area contributed by atoms with E-state index >= 15 is 0 Å². The minimum atomic E-state index is 0.334. The van der Waals surface area contributed by atoms with Crippen molar-refractivity contribution in [2.24, 2.45) is 0 Å². The Morgan fingerprint density at radius 1 is 1.15 bits per heavy atom. The van der Waals surface area contributed by atoms with Crippen LogP contribution in [-0.4, -0.2) is 34.1 Å². The number of carbonyl (C=O) groups excluding carboxylic acids is 1. The Morgan fingerprint density at radius 2 is 1.75 bits per heavy atom. The van der Waals surface area contributed by atoms with Crippen molar-refractivity contribution in [1.82, 2.24) is 15.1 Å². The third kappa shape index (κ3) is 3.19. The van der Waals surface area contributed by atoms with Gasteiger partial charge in [-0.1, -0.05) is 13.3 Å². The minimum absolute atomic E-state index is 0.334. The molecule has 0 aromatic carbocycles. The molecule has 0 N–H and O–H groups in total. The first-order chi connectivity index (χ1) is 9.78. The van der Waals surface area contributed by atoms with Gasteiger partial charge in [-0.25, -0.2) is 0 Å². The van der Waals surface area contributed by atoms with Crippen LogP contribution in [0.1, 0.15) is 73.7 Å². The van der Waals surface area contributed by atoms with Crippen LogP contribution in [0.4, 0.5) is 0 Å². The highest BCUT2D eigenvalue weighted by atomic mass is 32.1. The molecule has 1 aliphatic heterocycles. The van der Waals surface area contributed by atoms with E-state index in [0.717, 1.165) is 38.8 Å². The number of unbranched alkanes of at least 4 members (excludes halogenated alkanes) is 1. The SMILES string of the molecule is CCCCC(=O)N1CCC(c2nnc(C3CC3)s2)CC1. The van der Waals surface area contributed by atoms with Crippen molar-refractivity contribution in [3.05, 3.63) is 10.0 Å². The van der Waals surface area contributed by atoms with Gasteiger partial charge >= 0.3 is 0 Å². The Balaban J connectivity index is 1.51. The molecule has 0 atom stereocenters. The summed E-state index contributed by atoms with van der Waals surface area (Å²) in [6.45, 7) is 3.92.